The first-order chi connectivity index (χ1) is 10.1. The molecular weight excluding hydrogens is 274 g/mol. The van der Waals surface area contributed by atoms with Crippen LogP contribution >= 0.6 is 0 Å². The van der Waals surface area contributed by atoms with Crippen LogP contribution < -0.4 is 14.8 Å². The van der Waals surface area contributed by atoms with Crippen molar-refractivity contribution in [3.8, 4) is 17.4 Å². The molecule has 0 radical (unpaired) electrons. The molecule has 2 rings (SSSR count). The smallest absolute Gasteiger partial charge is 0.331 e. The summed E-state index contributed by atoms with van der Waals surface area (Å²) < 4.78 is 10.9. The van der Waals surface area contributed by atoms with Gasteiger partial charge in [0.2, 0.25) is 0 Å². The Balaban J connectivity index is 2.33. The van der Waals surface area contributed by atoms with Crippen molar-refractivity contribution in [3.05, 3.63) is 46.5 Å². The van der Waals surface area contributed by atoms with Gasteiger partial charge < -0.3 is 14.8 Å². The van der Waals surface area contributed by atoms with Crippen molar-refractivity contribution in [2.24, 2.45) is 0 Å². The molecule has 1 heterocycles. The number of nitro groups is 1. The fourth-order valence-corrected chi connectivity index (χ4v) is 1.69. The average Bonchev–Trinajstić information content (AvgIpc) is 2.47. The van der Waals surface area contributed by atoms with Gasteiger partial charge >= 0.3 is 11.6 Å². The van der Waals surface area contributed by atoms with Crippen LogP contribution in [0.2, 0.25) is 0 Å². The molecule has 0 saturated carbocycles. The normalized spacial score (nSPS) is 10.0. The van der Waals surface area contributed by atoms with E-state index in [1.807, 2.05) is 6.92 Å². The SMILES string of the molecule is CCOc1cccc(Oc2nc(NC)ccc2[N+](=O)[O-])c1. The molecule has 0 amide bonds. The highest BCUT2D eigenvalue weighted by atomic mass is 16.6. The minimum Gasteiger partial charge on any atom is -0.494 e. The monoisotopic (exact) mass is 289 g/mol. The van der Waals surface area contributed by atoms with E-state index in [9.17, 15) is 10.1 Å². The van der Waals surface area contributed by atoms with Crippen LogP contribution in [0.4, 0.5) is 11.5 Å². The van der Waals surface area contributed by atoms with Crippen LogP contribution in [0.1, 0.15) is 6.92 Å². The fourth-order valence-electron chi connectivity index (χ4n) is 1.69. The van der Waals surface area contributed by atoms with Crippen molar-refractivity contribution < 1.29 is 14.4 Å². The highest BCUT2D eigenvalue weighted by molar-refractivity contribution is 5.50. The predicted octanol–water partition coefficient (Wildman–Crippen LogP) is 3.22. The van der Waals surface area contributed by atoms with Gasteiger partial charge in [-0.3, -0.25) is 10.1 Å². The summed E-state index contributed by atoms with van der Waals surface area (Å²) in [6.07, 6.45) is 0. The van der Waals surface area contributed by atoms with E-state index in [-0.39, 0.29) is 11.6 Å². The lowest BCUT2D eigenvalue weighted by molar-refractivity contribution is -0.386. The molecule has 1 aromatic carbocycles. The van der Waals surface area contributed by atoms with Gasteiger partial charge in [-0.1, -0.05) is 6.07 Å². The summed E-state index contributed by atoms with van der Waals surface area (Å²) in [5, 5.41) is 13.8. The lowest BCUT2D eigenvalue weighted by atomic mass is 10.3. The van der Waals surface area contributed by atoms with Crippen LogP contribution in [-0.4, -0.2) is 23.6 Å². The number of hydrogen-bond donors (Lipinski definition) is 1. The van der Waals surface area contributed by atoms with Gasteiger partial charge in [0.1, 0.15) is 17.3 Å². The first kappa shape index (κ1) is 14.6. The van der Waals surface area contributed by atoms with Crippen molar-refractivity contribution >= 4 is 11.5 Å². The molecule has 0 bridgehead atoms. The first-order valence-electron chi connectivity index (χ1n) is 6.38. The van der Waals surface area contributed by atoms with E-state index in [4.69, 9.17) is 9.47 Å². The summed E-state index contributed by atoms with van der Waals surface area (Å²) in [5.41, 5.74) is -0.198. The van der Waals surface area contributed by atoms with E-state index in [2.05, 4.69) is 10.3 Å². The first-order valence-corrected chi connectivity index (χ1v) is 6.38. The molecule has 0 aliphatic carbocycles. The molecule has 0 aliphatic heterocycles. The molecule has 0 unspecified atom stereocenters. The van der Waals surface area contributed by atoms with Gasteiger partial charge in [0, 0.05) is 19.2 Å². The minimum absolute atomic E-state index is 0.0690. The highest BCUT2D eigenvalue weighted by Gasteiger charge is 2.18. The Labute approximate surface area is 121 Å². The Hall–Kier alpha value is -2.83. The lowest BCUT2D eigenvalue weighted by Gasteiger charge is -2.09. The van der Waals surface area contributed by atoms with Crippen molar-refractivity contribution in [3.63, 3.8) is 0 Å². The van der Waals surface area contributed by atoms with Gasteiger partial charge in [-0.05, 0) is 25.1 Å². The van der Waals surface area contributed by atoms with Crippen molar-refractivity contribution in [2.45, 2.75) is 6.92 Å². The van der Waals surface area contributed by atoms with Crippen molar-refractivity contribution in [1.29, 1.82) is 0 Å². The number of nitrogens with zero attached hydrogens (tertiary/aromatic N) is 2. The van der Waals surface area contributed by atoms with Crippen molar-refractivity contribution in [1.82, 2.24) is 4.98 Å². The molecule has 1 N–H and O–H groups in total. The van der Waals surface area contributed by atoms with Gasteiger partial charge in [0.25, 0.3) is 0 Å². The van der Waals surface area contributed by atoms with Gasteiger partial charge in [-0.25, -0.2) is 0 Å². The Kier molecular flexibility index (Phi) is 4.55. The van der Waals surface area contributed by atoms with Gasteiger partial charge in [0.05, 0.1) is 11.5 Å². The molecule has 21 heavy (non-hydrogen) atoms. The standard InChI is InChI=1S/C14H15N3O4/c1-3-20-10-5-4-6-11(9-10)21-14-12(17(18)19)7-8-13(15-2)16-14/h4-9H,3H2,1-2H3,(H,15,16). The molecule has 7 heteroatoms. The maximum atomic E-state index is 11.0. The summed E-state index contributed by atoms with van der Waals surface area (Å²) in [5.74, 6) is 1.46. The van der Waals surface area contributed by atoms with Crippen LogP contribution in [0.25, 0.3) is 0 Å². The number of nitrogens with one attached hydrogen (secondary N) is 1. The Bertz CT molecular complexity index is 646. The molecule has 0 fully saturated rings. The third-order valence-corrected chi connectivity index (χ3v) is 2.62. The van der Waals surface area contributed by atoms with Crippen LogP contribution in [0.5, 0.6) is 17.4 Å². The number of aromatic nitrogens is 1. The van der Waals surface area contributed by atoms with Crippen molar-refractivity contribution in [2.75, 3.05) is 19.0 Å². The maximum Gasteiger partial charge on any atom is 0.331 e. The van der Waals surface area contributed by atoms with Crippen LogP contribution in [0, 0.1) is 10.1 Å². The molecule has 1 aromatic heterocycles. The Morgan fingerprint density at radius 2 is 2.05 bits per heavy atom. The lowest BCUT2D eigenvalue weighted by Crippen LogP contribution is -1.99. The van der Waals surface area contributed by atoms with E-state index < -0.39 is 4.92 Å². The zero-order chi connectivity index (χ0) is 15.2. The molecule has 7 nitrogen and oxygen atoms in total. The molecule has 0 atom stereocenters. The van der Waals surface area contributed by atoms with E-state index in [1.54, 1.807) is 31.3 Å². The van der Waals surface area contributed by atoms with Crippen LogP contribution in [0.15, 0.2) is 36.4 Å². The summed E-state index contributed by atoms with van der Waals surface area (Å²) in [4.78, 5) is 14.6. The number of anilines is 1. The molecule has 0 saturated heterocycles. The second-order valence-corrected chi connectivity index (χ2v) is 4.04. The number of ether oxygens (including phenoxy) is 2. The van der Waals surface area contributed by atoms with Crippen LogP contribution in [-0.2, 0) is 0 Å². The molecular formula is C14H15N3O4. The predicted molar refractivity (Wildman–Crippen MR) is 78.1 cm³/mol. The summed E-state index contributed by atoms with van der Waals surface area (Å²) >= 11 is 0. The largest absolute Gasteiger partial charge is 0.494 e. The summed E-state index contributed by atoms with van der Waals surface area (Å²) in [6.45, 7) is 2.40. The zero-order valence-electron chi connectivity index (χ0n) is 11.7. The number of pyridine rings is 1. The number of rotatable bonds is 6. The second-order valence-electron chi connectivity index (χ2n) is 4.04. The molecule has 110 valence electrons. The third-order valence-electron chi connectivity index (χ3n) is 2.62. The van der Waals surface area contributed by atoms with Gasteiger partial charge in [0.15, 0.2) is 0 Å². The van der Waals surface area contributed by atoms with E-state index >= 15 is 0 Å². The minimum atomic E-state index is -0.534. The van der Waals surface area contributed by atoms with E-state index in [1.165, 1.54) is 12.1 Å². The quantitative estimate of drug-likeness (QED) is 0.649. The number of hydrogen-bond acceptors (Lipinski definition) is 6. The summed E-state index contributed by atoms with van der Waals surface area (Å²) in [6, 6.07) is 9.72. The fraction of sp³-hybridized carbons (Fsp3) is 0.214. The third kappa shape index (κ3) is 3.59. The Morgan fingerprint density at radius 3 is 2.71 bits per heavy atom. The number of benzene rings is 1. The topological polar surface area (TPSA) is 86.5 Å². The summed E-state index contributed by atoms with van der Waals surface area (Å²) in [7, 11) is 1.67. The Morgan fingerprint density at radius 1 is 1.29 bits per heavy atom. The van der Waals surface area contributed by atoms with Crippen LogP contribution in [0.3, 0.4) is 0 Å². The zero-order valence-corrected chi connectivity index (χ0v) is 11.7. The van der Waals surface area contributed by atoms with Gasteiger partial charge in [-0.15, -0.1) is 0 Å². The average molecular weight is 289 g/mol. The van der Waals surface area contributed by atoms with Gasteiger partial charge in [-0.2, -0.15) is 4.98 Å². The molecule has 2 aromatic rings. The second kappa shape index (κ2) is 6.56. The highest BCUT2D eigenvalue weighted by Crippen LogP contribution is 2.31. The van der Waals surface area contributed by atoms with E-state index in [0.717, 1.165) is 0 Å². The maximum absolute atomic E-state index is 11.0. The molecule has 0 aliphatic rings. The van der Waals surface area contributed by atoms with E-state index in [0.29, 0.717) is 23.9 Å². The molecule has 0 spiro atoms.